The summed E-state index contributed by atoms with van der Waals surface area (Å²) >= 11 is 0. The van der Waals surface area contributed by atoms with Gasteiger partial charge in [0.25, 0.3) is 0 Å². The molecule has 0 spiro atoms. The molecule has 0 aliphatic heterocycles. The van der Waals surface area contributed by atoms with Crippen molar-refractivity contribution < 1.29 is 0 Å². The molecule has 2 rings (SSSR count). The molecule has 0 bridgehead atoms. The zero-order valence-electron chi connectivity index (χ0n) is 7.97. The second-order valence-electron chi connectivity index (χ2n) is 3.12. The van der Waals surface area contributed by atoms with E-state index in [2.05, 4.69) is 21.3 Å². The summed E-state index contributed by atoms with van der Waals surface area (Å²) in [6.07, 6.45) is 1.59. The van der Waals surface area contributed by atoms with Crippen LogP contribution in [0.15, 0.2) is 12.3 Å². The van der Waals surface area contributed by atoms with Crippen molar-refractivity contribution in [3.8, 4) is 6.07 Å². The number of aromatic nitrogens is 4. The first-order valence-corrected chi connectivity index (χ1v) is 4.27. The lowest BCUT2D eigenvalue weighted by Gasteiger charge is -2.01. The Morgan fingerprint density at radius 3 is 3.00 bits per heavy atom. The lowest BCUT2D eigenvalue weighted by atomic mass is 10.2. The average Bonchev–Trinajstić information content (AvgIpc) is 2.56. The summed E-state index contributed by atoms with van der Waals surface area (Å²) in [5.41, 5.74) is 1.49. The molecule has 1 unspecified atom stereocenters. The van der Waals surface area contributed by atoms with Gasteiger partial charge in [0.2, 0.25) is 0 Å². The van der Waals surface area contributed by atoms with Gasteiger partial charge in [0, 0.05) is 7.05 Å². The molecule has 0 fully saturated rings. The third kappa shape index (κ3) is 1.12. The first-order valence-electron chi connectivity index (χ1n) is 4.27. The lowest BCUT2D eigenvalue weighted by Crippen LogP contribution is -2.01. The molecule has 0 aliphatic carbocycles. The van der Waals surface area contributed by atoms with Crippen LogP contribution in [0.2, 0.25) is 0 Å². The standard InChI is InChI=1S/C9H9N5/c1-6(5-10)8-12-7-3-4-11-13-9(7)14(8)2/h3-4,6H,1-2H3. The molecule has 0 amide bonds. The van der Waals surface area contributed by atoms with E-state index in [0.717, 1.165) is 11.3 Å². The molecule has 1 atom stereocenters. The van der Waals surface area contributed by atoms with Crippen LogP contribution in [0.3, 0.4) is 0 Å². The van der Waals surface area contributed by atoms with Gasteiger partial charge in [-0.15, -0.1) is 5.10 Å². The highest BCUT2D eigenvalue weighted by molar-refractivity contribution is 5.70. The van der Waals surface area contributed by atoms with Gasteiger partial charge in [-0.05, 0) is 13.0 Å². The van der Waals surface area contributed by atoms with Crippen molar-refractivity contribution in [1.29, 1.82) is 5.26 Å². The van der Waals surface area contributed by atoms with Crippen LogP contribution >= 0.6 is 0 Å². The van der Waals surface area contributed by atoms with Crippen LogP contribution in [-0.4, -0.2) is 19.7 Å². The molecular formula is C9H9N5. The summed E-state index contributed by atoms with van der Waals surface area (Å²) < 4.78 is 1.80. The van der Waals surface area contributed by atoms with E-state index in [1.165, 1.54) is 0 Å². The molecular weight excluding hydrogens is 178 g/mol. The highest BCUT2D eigenvalue weighted by atomic mass is 15.2. The number of hydrogen-bond acceptors (Lipinski definition) is 4. The van der Waals surface area contributed by atoms with Crippen molar-refractivity contribution in [2.24, 2.45) is 7.05 Å². The quantitative estimate of drug-likeness (QED) is 0.667. The molecule has 0 saturated carbocycles. The number of aryl methyl sites for hydroxylation is 1. The maximum Gasteiger partial charge on any atom is 0.182 e. The Hall–Kier alpha value is -1.96. The Labute approximate surface area is 81.0 Å². The first kappa shape index (κ1) is 8.63. The van der Waals surface area contributed by atoms with Crippen LogP contribution in [-0.2, 0) is 7.05 Å². The third-order valence-corrected chi connectivity index (χ3v) is 2.16. The molecule has 2 aromatic rings. The van der Waals surface area contributed by atoms with Crippen LogP contribution in [0.4, 0.5) is 0 Å². The second-order valence-corrected chi connectivity index (χ2v) is 3.12. The van der Waals surface area contributed by atoms with Crippen molar-refractivity contribution in [3.05, 3.63) is 18.1 Å². The Balaban J connectivity index is 2.70. The Morgan fingerprint density at radius 1 is 1.57 bits per heavy atom. The Morgan fingerprint density at radius 2 is 2.36 bits per heavy atom. The van der Waals surface area contributed by atoms with Gasteiger partial charge in [-0.3, -0.25) is 0 Å². The van der Waals surface area contributed by atoms with Crippen molar-refractivity contribution in [2.75, 3.05) is 0 Å². The number of rotatable bonds is 1. The maximum absolute atomic E-state index is 8.80. The highest BCUT2D eigenvalue weighted by Gasteiger charge is 2.14. The molecule has 0 aliphatic rings. The predicted octanol–water partition coefficient (Wildman–Crippen LogP) is 0.990. The number of fused-ring (bicyclic) bond motifs is 1. The number of nitrogens with zero attached hydrogens (tertiary/aromatic N) is 5. The average molecular weight is 187 g/mol. The van der Waals surface area contributed by atoms with Crippen molar-refractivity contribution in [2.45, 2.75) is 12.8 Å². The fraction of sp³-hybridized carbons (Fsp3) is 0.333. The van der Waals surface area contributed by atoms with E-state index in [0.29, 0.717) is 5.65 Å². The third-order valence-electron chi connectivity index (χ3n) is 2.16. The van der Waals surface area contributed by atoms with Gasteiger partial charge in [0.1, 0.15) is 17.3 Å². The summed E-state index contributed by atoms with van der Waals surface area (Å²) in [6, 6.07) is 3.94. The summed E-state index contributed by atoms with van der Waals surface area (Å²) in [7, 11) is 1.84. The minimum atomic E-state index is -0.228. The minimum absolute atomic E-state index is 0.228. The molecule has 0 aromatic carbocycles. The molecule has 0 saturated heterocycles. The van der Waals surface area contributed by atoms with E-state index in [1.54, 1.807) is 16.8 Å². The molecule has 14 heavy (non-hydrogen) atoms. The SMILES string of the molecule is CC(C#N)c1nc2ccnnc2n1C. The zero-order chi connectivity index (χ0) is 10.1. The molecule has 0 N–H and O–H groups in total. The normalized spacial score (nSPS) is 12.6. The van der Waals surface area contributed by atoms with Crippen LogP contribution in [0.1, 0.15) is 18.7 Å². The van der Waals surface area contributed by atoms with Crippen LogP contribution < -0.4 is 0 Å². The predicted molar refractivity (Wildman–Crippen MR) is 50.3 cm³/mol. The van der Waals surface area contributed by atoms with E-state index in [-0.39, 0.29) is 5.92 Å². The zero-order valence-corrected chi connectivity index (χ0v) is 7.97. The Kier molecular flexibility index (Phi) is 1.89. The van der Waals surface area contributed by atoms with Crippen molar-refractivity contribution in [1.82, 2.24) is 19.7 Å². The summed E-state index contributed by atoms with van der Waals surface area (Å²) in [6.45, 7) is 1.81. The molecule has 0 radical (unpaired) electrons. The lowest BCUT2D eigenvalue weighted by molar-refractivity contribution is 0.768. The first-order chi connectivity index (χ1) is 6.74. The van der Waals surface area contributed by atoms with E-state index >= 15 is 0 Å². The van der Waals surface area contributed by atoms with Gasteiger partial charge in [-0.25, -0.2) is 4.98 Å². The van der Waals surface area contributed by atoms with Gasteiger partial charge in [-0.1, -0.05) is 0 Å². The summed E-state index contributed by atoms with van der Waals surface area (Å²) in [4.78, 5) is 4.32. The van der Waals surface area contributed by atoms with E-state index in [1.807, 2.05) is 14.0 Å². The Bertz CT molecular complexity index is 507. The largest absolute Gasteiger partial charge is 0.313 e. The summed E-state index contributed by atoms with van der Waals surface area (Å²) in [5, 5.41) is 16.5. The molecule has 70 valence electrons. The highest BCUT2D eigenvalue weighted by Crippen LogP contribution is 2.17. The maximum atomic E-state index is 8.80. The smallest absolute Gasteiger partial charge is 0.182 e. The minimum Gasteiger partial charge on any atom is -0.313 e. The number of nitriles is 1. The molecule has 5 heteroatoms. The van der Waals surface area contributed by atoms with Crippen LogP contribution in [0.25, 0.3) is 11.2 Å². The van der Waals surface area contributed by atoms with Gasteiger partial charge < -0.3 is 4.57 Å². The fourth-order valence-electron chi connectivity index (χ4n) is 1.40. The second kappa shape index (κ2) is 3.07. The molecule has 2 heterocycles. The van der Waals surface area contributed by atoms with Gasteiger partial charge in [-0.2, -0.15) is 10.4 Å². The van der Waals surface area contributed by atoms with Gasteiger partial charge in [0.05, 0.1) is 12.3 Å². The number of imidazole rings is 1. The number of hydrogen-bond donors (Lipinski definition) is 0. The monoisotopic (exact) mass is 187 g/mol. The summed E-state index contributed by atoms with van der Waals surface area (Å²) in [5.74, 6) is 0.497. The van der Waals surface area contributed by atoms with Crippen LogP contribution in [0.5, 0.6) is 0 Å². The molecule has 5 nitrogen and oxygen atoms in total. The van der Waals surface area contributed by atoms with E-state index < -0.39 is 0 Å². The van der Waals surface area contributed by atoms with Crippen molar-refractivity contribution in [3.63, 3.8) is 0 Å². The van der Waals surface area contributed by atoms with Gasteiger partial charge in [0.15, 0.2) is 5.65 Å². The fourth-order valence-corrected chi connectivity index (χ4v) is 1.40. The molecule has 2 aromatic heterocycles. The van der Waals surface area contributed by atoms with Crippen LogP contribution in [0, 0.1) is 11.3 Å². The van der Waals surface area contributed by atoms with Gasteiger partial charge >= 0.3 is 0 Å². The topological polar surface area (TPSA) is 67.4 Å². The van der Waals surface area contributed by atoms with E-state index in [4.69, 9.17) is 5.26 Å². The van der Waals surface area contributed by atoms with E-state index in [9.17, 15) is 0 Å². The van der Waals surface area contributed by atoms with Crippen molar-refractivity contribution >= 4 is 11.2 Å².